The molecule has 1 aliphatic rings. The maximum Gasteiger partial charge on any atom is 0.308 e. The summed E-state index contributed by atoms with van der Waals surface area (Å²) in [5, 5.41) is 16.0. The number of thiocarbonyl (C=S) groups is 1. The lowest BCUT2D eigenvalue weighted by molar-refractivity contribution is -0.384. The molecule has 1 heterocycles. The molecule has 0 radical (unpaired) electrons. The van der Waals surface area contributed by atoms with Gasteiger partial charge in [-0.25, -0.2) is 0 Å². The van der Waals surface area contributed by atoms with Crippen LogP contribution in [-0.4, -0.2) is 58.5 Å². The molecule has 1 fully saturated rings. The van der Waals surface area contributed by atoms with Crippen molar-refractivity contribution in [3.05, 3.63) is 81.9 Å². The van der Waals surface area contributed by atoms with E-state index in [9.17, 15) is 24.5 Å². The van der Waals surface area contributed by atoms with Crippen LogP contribution >= 0.6 is 12.2 Å². The van der Waals surface area contributed by atoms with Gasteiger partial charge in [-0.2, -0.15) is 0 Å². The molecule has 1 atom stereocenters. The number of esters is 1. The lowest BCUT2D eigenvalue weighted by atomic mass is 10.1. The number of amides is 2. The fourth-order valence-electron chi connectivity index (χ4n) is 3.40. The van der Waals surface area contributed by atoms with Gasteiger partial charge in [0.2, 0.25) is 11.8 Å². The summed E-state index contributed by atoms with van der Waals surface area (Å²) in [4.78, 5) is 48.8. The van der Waals surface area contributed by atoms with E-state index in [0.29, 0.717) is 25.1 Å². The van der Waals surface area contributed by atoms with Crippen LogP contribution in [0, 0.1) is 10.1 Å². The molecule has 35 heavy (non-hydrogen) atoms. The molecule has 11 heteroatoms. The summed E-state index contributed by atoms with van der Waals surface area (Å²) >= 11 is 5.31. The van der Waals surface area contributed by atoms with Crippen molar-refractivity contribution >= 4 is 46.9 Å². The monoisotopic (exact) mass is 496 g/mol. The number of benzene rings is 2. The van der Waals surface area contributed by atoms with Gasteiger partial charge in [-0.05, 0) is 41.6 Å². The van der Waals surface area contributed by atoms with E-state index in [2.05, 4.69) is 10.6 Å². The second-order valence-electron chi connectivity index (χ2n) is 7.64. The van der Waals surface area contributed by atoms with Crippen LogP contribution in [0.2, 0.25) is 0 Å². The number of piperazine rings is 1. The predicted octanol–water partition coefficient (Wildman–Crippen LogP) is 1.99. The molecule has 2 aromatic rings. The van der Waals surface area contributed by atoms with Crippen LogP contribution in [0.4, 0.5) is 5.69 Å². The minimum atomic E-state index is -0.903. The first kappa shape index (κ1) is 25.5. The lowest BCUT2D eigenvalue weighted by Gasteiger charge is -2.36. The van der Waals surface area contributed by atoms with Crippen molar-refractivity contribution in [2.75, 3.05) is 19.7 Å². The molecule has 0 spiro atoms. The Labute approximate surface area is 207 Å². The Morgan fingerprint density at radius 2 is 1.91 bits per heavy atom. The summed E-state index contributed by atoms with van der Waals surface area (Å²) in [6.07, 6.45) is 3.05. The zero-order valence-corrected chi connectivity index (χ0v) is 19.5. The Morgan fingerprint density at radius 3 is 2.60 bits per heavy atom. The summed E-state index contributed by atoms with van der Waals surface area (Å²) in [5.74, 6) is -1.46. The Balaban J connectivity index is 1.53. The molecule has 2 N–H and O–H groups in total. The van der Waals surface area contributed by atoms with Gasteiger partial charge < -0.3 is 15.0 Å². The third-order valence-electron chi connectivity index (χ3n) is 5.21. The minimum absolute atomic E-state index is 0.0142. The summed E-state index contributed by atoms with van der Waals surface area (Å²) in [6, 6.07) is 14.3. The summed E-state index contributed by atoms with van der Waals surface area (Å²) in [5.41, 5.74) is 1.56. The van der Waals surface area contributed by atoms with Crippen molar-refractivity contribution in [2.24, 2.45) is 0 Å². The number of rotatable bonds is 8. The molecule has 1 aliphatic heterocycles. The SMILES string of the molecule is O=C(/C=C/c1ccc([N+](=O)[O-])cc1)NC(=S)N1CCNC(=O)C1CC(=O)OCCc1ccccc1. The number of hydrogen-bond donors (Lipinski definition) is 2. The van der Waals surface area contributed by atoms with Crippen LogP contribution < -0.4 is 10.6 Å². The zero-order chi connectivity index (χ0) is 25.2. The highest BCUT2D eigenvalue weighted by molar-refractivity contribution is 7.80. The Bertz CT molecular complexity index is 1120. The van der Waals surface area contributed by atoms with Crippen LogP contribution in [0.5, 0.6) is 0 Å². The maximum atomic E-state index is 12.4. The number of nitrogens with zero attached hydrogens (tertiary/aromatic N) is 2. The quantitative estimate of drug-likeness (QED) is 0.187. The van der Waals surface area contributed by atoms with Gasteiger partial charge in [0, 0.05) is 37.7 Å². The van der Waals surface area contributed by atoms with Crippen molar-refractivity contribution in [1.29, 1.82) is 0 Å². The number of nitro groups is 1. The van der Waals surface area contributed by atoms with Crippen LogP contribution in [0.25, 0.3) is 6.08 Å². The molecule has 1 saturated heterocycles. The van der Waals surface area contributed by atoms with Gasteiger partial charge in [0.25, 0.3) is 5.69 Å². The van der Waals surface area contributed by atoms with E-state index in [1.165, 1.54) is 41.3 Å². The highest BCUT2D eigenvalue weighted by Crippen LogP contribution is 2.13. The van der Waals surface area contributed by atoms with Gasteiger partial charge in [0.15, 0.2) is 5.11 Å². The average molecular weight is 497 g/mol. The number of hydrogen-bond acceptors (Lipinski definition) is 7. The molecule has 182 valence electrons. The minimum Gasteiger partial charge on any atom is -0.465 e. The third kappa shape index (κ3) is 7.71. The van der Waals surface area contributed by atoms with Crippen LogP contribution in [0.1, 0.15) is 17.5 Å². The molecule has 0 bridgehead atoms. The summed E-state index contributed by atoms with van der Waals surface area (Å²) in [7, 11) is 0. The smallest absolute Gasteiger partial charge is 0.308 e. The molecule has 0 aromatic heterocycles. The number of carbonyl (C=O) groups is 3. The van der Waals surface area contributed by atoms with Gasteiger partial charge in [-0.1, -0.05) is 30.3 Å². The molecule has 2 amide bonds. The van der Waals surface area contributed by atoms with Gasteiger partial charge in [-0.15, -0.1) is 0 Å². The average Bonchev–Trinajstić information content (AvgIpc) is 2.85. The van der Waals surface area contributed by atoms with E-state index >= 15 is 0 Å². The van der Waals surface area contributed by atoms with Gasteiger partial charge >= 0.3 is 5.97 Å². The summed E-state index contributed by atoms with van der Waals surface area (Å²) in [6.45, 7) is 0.817. The Kier molecular flexibility index (Phi) is 9.02. The number of nitrogens with one attached hydrogen (secondary N) is 2. The first-order valence-corrected chi connectivity index (χ1v) is 11.3. The highest BCUT2D eigenvalue weighted by Gasteiger charge is 2.34. The van der Waals surface area contributed by atoms with E-state index in [1.54, 1.807) is 0 Å². The van der Waals surface area contributed by atoms with E-state index in [1.807, 2.05) is 30.3 Å². The van der Waals surface area contributed by atoms with Gasteiger partial charge in [0.05, 0.1) is 18.0 Å². The van der Waals surface area contributed by atoms with Crippen molar-refractivity contribution in [1.82, 2.24) is 15.5 Å². The van der Waals surface area contributed by atoms with E-state index < -0.39 is 22.8 Å². The largest absolute Gasteiger partial charge is 0.465 e. The van der Waals surface area contributed by atoms with Crippen molar-refractivity contribution in [3.8, 4) is 0 Å². The lowest BCUT2D eigenvalue weighted by Crippen LogP contribution is -2.60. The second kappa shape index (κ2) is 12.4. The fraction of sp³-hybridized carbons (Fsp3) is 0.250. The standard InChI is InChI=1S/C24H24N4O6S/c29-21(11-8-18-6-9-19(10-7-18)28(32)33)26-24(35)27-14-13-25-23(31)20(27)16-22(30)34-15-12-17-4-2-1-3-5-17/h1-11,20H,12-16H2,(H,25,31)(H,26,29,35)/b11-8+. The fourth-order valence-corrected chi connectivity index (χ4v) is 3.72. The molecule has 1 unspecified atom stereocenters. The number of non-ortho nitro benzene ring substituents is 1. The predicted molar refractivity (Wildman–Crippen MR) is 132 cm³/mol. The van der Waals surface area contributed by atoms with Crippen molar-refractivity contribution in [3.63, 3.8) is 0 Å². The molecule has 10 nitrogen and oxygen atoms in total. The number of nitro benzene ring substituents is 1. The normalized spacial score (nSPS) is 15.4. The maximum absolute atomic E-state index is 12.4. The van der Waals surface area contributed by atoms with Crippen molar-refractivity contribution < 1.29 is 24.0 Å². The second-order valence-corrected chi connectivity index (χ2v) is 8.02. The van der Waals surface area contributed by atoms with Crippen LogP contribution in [-0.2, 0) is 25.5 Å². The van der Waals surface area contributed by atoms with Crippen LogP contribution in [0.15, 0.2) is 60.7 Å². The highest BCUT2D eigenvalue weighted by atomic mass is 32.1. The van der Waals surface area contributed by atoms with E-state index in [4.69, 9.17) is 17.0 Å². The summed E-state index contributed by atoms with van der Waals surface area (Å²) < 4.78 is 5.29. The molecular formula is C24H24N4O6S. The number of carbonyl (C=O) groups excluding carboxylic acids is 3. The zero-order valence-electron chi connectivity index (χ0n) is 18.7. The molecule has 0 aliphatic carbocycles. The van der Waals surface area contributed by atoms with Crippen molar-refractivity contribution in [2.45, 2.75) is 18.9 Å². The topological polar surface area (TPSA) is 131 Å². The Hall–Kier alpha value is -4.12. The van der Waals surface area contributed by atoms with Crippen LogP contribution in [0.3, 0.4) is 0 Å². The first-order valence-electron chi connectivity index (χ1n) is 10.8. The first-order chi connectivity index (χ1) is 16.8. The third-order valence-corrected chi connectivity index (χ3v) is 5.55. The van der Waals surface area contributed by atoms with E-state index in [0.717, 1.165) is 5.56 Å². The molecule has 3 rings (SSSR count). The number of ether oxygens (including phenoxy) is 1. The van der Waals surface area contributed by atoms with Gasteiger partial charge in [-0.3, -0.25) is 29.8 Å². The van der Waals surface area contributed by atoms with Gasteiger partial charge in [0.1, 0.15) is 6.04 Å². The Morgan fingerprint density at radius 1 is 1.20 bits per heavy atom. The molecular weight excluding hydrogens is 472 g/mol. The molecule has 2 aromatic carbocycles. The molecule has 0 saturated carbocycles. The van der Waals surface area contributed by atoms with E-state index in [-0.39, 0.29) is 29.7 Å².